The van der Waals surface area contributed by atoms with Gasteiger partial charge in [-0.25, -0.2) is 19.6 Å². The maximum Gasteiger partial charge on any atom is 0.407 e. The number of ether oxygens (including phenoxy) is 3. The van der Waals surface area contributed by atoms with Gasteiger partial charge in [-0.2, -0.15) is 0 Å². The Kier molecular flexibility index (Phi) is 16.6. The molecule has 4 atom stereocenters. The third kappa shape index (κ3) is 13.0. The van der Waals surface area contributed by atoms with Gasteiger partial charge in [0.2, 0.25) is 17.7 Å². The molecule has 3 aromatic carbocycles. The molecule has 1 aromatic heterocycles. The summed E-state index contributed by atoms with van der Waals surface area (Å²) >= 11 is 0. The number of hydrogen-bond acceptors (Lipinski definition) is 14. The van der Waals surface area contributed by atoms with E-state index in [-0.39, 0.29) is 71.8 Å². The van der Waals surface area contributed by atoms with Crippen LogP contribution in [-0.4, -0.2) is 113 Å². The van der Waals surface area contributed by atoms with Crippen LogP contribution in [0, 0.1) is 13.8 Å². The summed E-state index contributed by atoms with van der Waals surface area (Å²) in [6.07, 6.45) is -1.00. The minimum Gasteiger partial charge on any atom is -0.505 e. The number of anilines is 1. The van der Waals surface area contributed by atoms with E-state index in [9.17, 15) is 29.1 Å². The largest absolute Gasteiger partial charge is 0.505 e. The van der Waals surface area contributed by atoms with E-state index < -0.39 is 65.5 Å². The highest BCUT2D eigenvalue weighted by Crippen LogP contribution is 2.42. The first-order valence-corrected chi connectivity index (χ1v) is 22.6. The normalized spacial score (nSPS) is 16.7. The highest BCUT2D eigenvalue weighted by molar-refractivity contribution is 6.00. The Labute approximate surface area is 402 Å². The minimum atomic E-state index is -1.58. The smallest absolute Gasteiger partial charge is 0.407 e. The van der Waals surface area contributed by atoms with E-state index in [0.717, 1.165) is 16.0 Å². The molecule has 69 heavy (non-hydrogen) atoms. The Balaban J connectivity index is 1.60. The number of esters is 1. The fourth-order valence-corrected chi connectivity index (χ4v) is 7.82. The number of fused-ring (bicyclic) bond motifs is 5. The number of carbonyl (C=O) groups is 6. The average molecular weight is 952 g/mol. The number of aromatic hydroxyl groups is 1. The number of likely N-dealkylation sites (N-methyl/N-ethyl adjacent to an activating group) is 1. The second-order valence-electron chi connectivity index (χ2n) is 19.0. The zero-order valence-corrected chi connectivity index (χ0v) is 41.2. The number of hydrogen-bond donors (Lipinski definition) is 7. The molecule has 0 fully saturated rings. The van der Waals surface area contributed by atoms with Gasteiger partial charge in [0, 0.05) is 43.2 Å². The van der Waals surface area contributed by atoms with E-state index >= 15 is 4.79 Å². The van der Waals surface area contributed by atoms with Gasteiger partial charge < -0.3 is 57.0 Å². The van der Waals surface area contributed by atoms with Crippen LogP contribution in [0.5, 0.6) is 11.5 Å². The first kappa shape index (κ1) is 52.7. The van der Waals surface area contributed by atoms with Crippen LogP contribution in [-0.2, 0) is 40.5 Å². The topological polar surface area (TPSA) is 280 Å². The predicted octanol–water partition coefficient (Wildman–Crippen LogP) is 4.28. The maximum absolute atomic E-state index is 15.0. The first-order chi connectivity index (χ1) is 32.3. The van der Waals surface area contributed by atoms with Gasteiger partial charge >= 0.3 is 12.1 Å². The summed E-state index contributed by atoms with van der Waals surface area (Å²) in [6.45, 7) is 16.2. The van der Waals surface area contributed by atoms with Crippen LogP contribution >= 0.6 is 0 Å². The van der Waals surface area contributed by atoms with Crippen molar-refractivity contribution < 1.29 is 48.1 Å². The van der Waals surface area contributed by atoms with E-state index in [1.807, 2.05) is 24.3 Å². The van der Waals surface area contributed by atoms with Gasteiger partial charge in [0.15, 0.2) is 5.82 Å². The lowest BCUT2D eigenvalue weighted by Gasteiger charge is -2.33. The Bertz CT molecular complexity index is 2560. The minimum absolute atomic E-state index is 0.0459. The number of nitrogens with zero attached hydrogens (tertiary/aromatic N) is 3. The molecule has 0 unspecified atom stereocenters. The second kappa shape index (κ2) is 21.8. The lowest BCUT2D eigenvalue weighted by atomic mass is 9.86. The molecule has 1 aliphatic heterocycles. The van der Waals surface area contributed by atoms with E-state index in [0.29, 0.717) is 28.3 Å². The highest BCUT2D eigenvalue weighted by atomic mass is 16.6. The zero-order chi connectivity index (χ0) is 51.1. The number of carbonyl (C=O) groups excluding carboxylic acids is 6. The van der Waals surface area contributed by atoms with E-state index in [1.54, 1.807) is 52.8 Å². The monoisotopic (exact) mass is 951 g/mol. The number of phenolic OH excluding ortho intramolecular Hbond substituents is 1. The van der Waals surface area contributed by atoms with E-state index in [4.69, 9.17) is 25.7 Å². The quantitative estimate of drug-likeness (QED) is 0.0593. The van der Waals surface area contributed by atoms with Crippen molar-refractivity contribution in [2.24, 2.45) is 5.73 Å². The van der Waals surface area contributed by atoms with Crippen molar-refractivity contribution in [1.82, 2.24) is 36.1 Å². The summed E-state index contributed by atoms with van der Waals surface area (Å²) in [5, 5.41) is 22.3. The Morgan fingerprint density at radius 2 is 1.58 bits per heavy atom. The summed E-state index contributed by atoms with van der Waals surface area (Å²) in [7, 11) is 2.50. The molecule has 0 aliphatic carbocycles. The lowest BCUT2D eigenvalue weighted by Crippen LogP contribution is -2.55. The molecule has 0 spiro atoms. The van der Waals surface area contributed by atoms with Gasteiger partial charge in [-0.15, -0.1) is 0 Å². The Hall–Kier alpha value is -7.28. The van der Waals surface area contributed by atoms with E-state index in [1.165, 1.54) is 33.2 Å². The fourth-order valence-electron chi connectivity index (χ4n) is 7.82. The number of nitrogens with two attached hydrogens (primary N) is 2. The molecule has 0 saturated heterocycles. The van der Waals surface area contributed by atoms with Gasteiger partial charge in [0.1, 0.15) is 47.9 Å². The van der Waals surface area contributed by atoms with Gasteiger partial charge in [-0.1, -0.05) is 51.1 Å². The number of rotatable bonds is 12. The third-order valence-corrected chi connectivity index (χ3v) is 11.4. The Morgan fingerprint density at radius 3 is 2.17 bits per heavy atom. The van der Waals surface area contributed by atoms with E-state index in [2.05, 4.69) is 52.0 Å². The van der Waals surface area contributed by atoms with Gasteiger partial charge in [-0.3, -0.25) is 19.2 Å². The van der Waals surface area contributed by atoms with Crippen molar-refractivity contribution in [3.8, 4) is 34.0 Å². The van der Waals surface area contributed by atoms with Crippen molar-refractivity contribution in [3.63, 3.8) is 0 Å². The van der Waals surface area contributed by atoms with Gasteiger partial charge in [0.25, 0.3) is 5.91 Å². The van der Waals surface area contributed by atoms with Gasteiger partial charge in [0.05, 0.1) is 29.7 Å². The summed E-state index contributed by atoms with van der Waals surface area (Å²) in [5.41, 5.74) is 14.8. The summed E-state index contributed by atoms with van der Waals surface area (Å²) in [5.74, 6) is -3.58. The van der Waals surface area contributed by atoms with Crippen LogP contribution in [0.15, 0.2) is 54.6 Å². The molecule has 2 heterocycles. The molecular weight excluding hydrogens is 887 g/mol. The molecule has 0 saturated carbocycles. The van der Waals surface area contributed by atoms with Crippen LogP contribution in [0.4, 0.5) is 10.5 Å². The Morgan fingerprint density at radius 1 is 0.928 bits per heavy atom. The van der Waals surface area contributed by atoms with Crippen molar-refractivity contribution in [2.75, 3.05) is 39.6 Å². The standard InChI is InChI=1S/C50H65N9O10/c1-26-39(27(2)55-42(54-26)30-13-15-32(16-14-30)49(4,5)6)44(62)57-36(18-20-53-48(66)69-50(7,8)9)46(64)59(10)40-31-24-34(41(60)35(52)25-31)33-22-29(12-17-38(33)68-21-19-51)23-37(47(65)67-11)58-43(61)28(3)56-45(40)63/h12-17,22,24-25,28,36-37,40,60H,18-21,23,51-52H2,1-11H3,(H,53,66)(H,56,63)(H,57,62)(H,58,61)/t28-,36-,37-,40-/m0/s1. The van der Waals surface area contributed by atoms with Crippen molar-refractivity contribution in [1.29, 1.82) is 0 Å². The molecule has 5 amide bonds. The molecule has 5 rings (SSSR count). The number of nitrogen functional groups attached to an aromatic ring is 1. The molecule has 19 nitrogen and oxygen atoms in total. The zero-order valence-electron chi connectivity index (χ0n) is 41.2. The second-order valence-corrected chi connectivity index (χ2v) is 19.0. The third-order valence-electron chi connectivity index (χ3n) is 11.4. The SMILES string of the molecule is COC(=O)[C@@H]1Cc2ccc(OCCN)c(c2)-c2cc(cc(N)c2O)[C@H](N(C)C(=O)[C@H](CCNC(=O)OC(C)(C)C)NC(=O)c2c(C)nc(-c3ccc(C(C)(C)C)cc3)nc2C)C(=O)N[C@@H](C)C(=O)N1. The lowest BCUT2D eigenvalue weighted by molar-refractivity contribution is -0.145. The predicted molar refractivity (Wildman–Crippen MR) is 259 cm³/mol. The molecule has 4 aromatic rings. The number of benzene rings is 3. The van der Waals surface area contributed by atoms with Crippen LogP contribution in [0.1, 0.15) is 99.4 Å². The number of amides is 5. The number of aryl methyl sites for hydroxylation is 2. The van der Waals surface area contributed by atoms with Crippen LogP contribution < -0.4 is 37.5 Å². The van der Waals surface area contributed by atoms with Crippen molar-refractivity contribution in [2.45, 2.75) is 110 Å². The van der Waals surface area contributed by atoms with Crippen molar-refractivity contribution in [3.05, 3.63) is 88.2 Å². The maximum atomic E-state index is 15.0. The average Bonchev–Trinajstić information content (AvgIpc) is 3.27. The van der Waals surface area contributed by atoms with Crippen LogP contribution in [0.25, 0.3) is 22.5 Å². The molecule has 19 heteroatoms. The van der Waals surface area contributed by atoms with Crippen LogP contribution in [0.2, 0.25) is 0 Å². The molecular formula is C50H65N9O10. The number of phenols is 1. The number of nitrogens with one attached hydrogen (secondary N) is 4. The first-order valence-electron chi connectivity index (χ1n) is 22.6. The number of methoxy groups -OCH3 is 1. The number of aromatic nitrogens is 2. The summed E-state index contributed by atoms with van der Waals surface area (Å²) in [4.78, 5) is 93.9. The molecule has 9 N–H and O–H groups in total. The summed E-state index contributed by atoms with van der Waals surface area (Å²) in [6, 6.07) is 10.1. The molecule has 0 radical (unpaired) electrons. The molecule has 4 bridgehead atoms. The number of alkyl carbamates (subject to hydrolysis) is 1. The highest BCUT2D eigenvalue weighted by Gasteiger charge is 2.37. The van der Waals surface area contributed by atoms with Gasteiger partial charge in [-0.05, 0) is 94.3 Å². The fraction of sp³-hybridized carbons (Fsp3) is 0.440. The summed E-state index contributed by atoms with van der Waals surface area (Å²) < 4.78 is 16.4. The molecule has 370 valence electrons. The van der Waals surface area contributed by atoms with Crippen molar-refractivity contribution >= 4 is 41.4 Å². The molecule has 1 aliphatic rings. The van der Waals surface area contributed by atoms with Crippen LogP contribution in [0.3, 0.4) is 0 Å².